The number of hydrogen-bond donors (Lipinski definition) is 5. The largest absolute Gasteiger partial charge is 1.00 e. The van der Waals surface area contributed by atoms with Crippen molar-refractivity contribution in [2.75, 3.05) is 0 Å². The quantitative estimate of drug-likeness (QED) is 0.0850. The SMILES string of the molecule is O=S(=O)([O-])c1cc(N=c2[nH]c(Cl)nc(=Nc3ccccc3)[nH]2)ccc1/C=C/c1ccc(N=c2[nH]c(Cl)nc(=Nc3ccccc3)[nH]2)cc1S(=O)(=O)O.[K+]. The van der Waals surface area contributed by atoms with Crippen LogP contribution in [0.2, 0.25) is 10.6 Å². The van der Waals surface area contributed by atoms with Crippen molar-refractivity contribution in [2.45, 2.75) is 9.79 Å². The molecule has 2 aromatic heterocycles. The third kappa shape index (κ3) is 11.2. The molecule has 0 bridgehead atoms. The molecule has 0 aliphatic rings. The molecule has 0 saturated carbocycles. The summed E-state index contributed by atoms with van der Waals surface area (Å²) in [7, 11) is -9.90. The second kappa shape index (κ2) is 17.3. The summed E-state index contributed by atoms with van der Waals surface area (Å²) in [6, 6.07) is 25.3. The molecule has 6 rings (SSSR count). The summed E-state index contributed by atoms with van der Waals surface area (Å²) in [5.74, 6) is 0. The molecule has 21 heteroatoms. The molecule has 0 spiro atoms. The van der Waals surface area contributed by atoms with Crippen LogP contribution < -0.4 is 73.9 Å². The van der Waals surface area contributed by atoms with E-state index in [0.29, 0.717) is 11.4 Å². The van der Waals surface area contributed by atoms with Crippen molar-refractivity contribution >= 4 is 78.3 Å². The fraction of sp³-hybridized carbons (Fsp3) is 0. The zero-order valence-electron chi connectivity index (χ0n) is 27.1. The number of hydrogen-bond acceptors (Lipinski definition) is 11. The predicted octanol–water partition coefficient (Wildman–Crippen LogP) is 1.35. The molecular formula is C32H23Cl2KN10O6S2. The molecule has 0 fully saturated rings. The minimum absolute atomic E-state index is 0. The Morgan fingerprint density at radius 2 is 1.00 bits per heavy atom. The normalized spacial score (nSPS) is 13.4. The van der Waals surface area contributed by atoms with Gasteiger partial charge in [-0.15, -0.1) is 0 Å². The van der Waals surface area contributed by atoms with Crippen molar-refractivity contribution in [3.63, 3.8) is 0 Å². The van der Waals surface area contributed by atoms with Crippen LogP contribution in [-0.4, -0.2) is 55.8 Å². The Hall–Kier alpha value is -4.12. The fourth-order valence-corrected chi connectivity index (χ4v) is 6.31. The summed E-state index contributed by atoms with van der Waals surface area (Å²) in [5.41, 5.74) is 1.45. The Morgan fingerprint density at radius 3 is 1.42 bits per heavy atom. The first kappa shape index (κ1) is 40.1. The second-order valence-electron chi connectivity index (χ2n) is 10.5. The third-order valence-electron chi connectivity index (χ3n) is 6.76. The Balaban J connectivity index is 0.00000541. The van der Waals surface area contributed by atoms with Crippen molar-refractivity contribution in [1.29, 1.82) is 0 Å². The molecule has 2 heterocycles. The van der Waals surface area contributed by atoms with Crippen LogP contribution in [0.4, 0.5) is 22.7 Å². The molecule has 0 aliphatic heterocycles. The van der Waals surface area contributed by atoms with Crippen LogP contribution in [0.25, 0.3) is 12.2 Å². The molecule has 0 amide bonds. The van der Waals surface area contributed by atoms with E-state index in [1.807, 2.05) is 12.1 Å². The van der Waals surface area contributed by atoms with Crippen LogP contribution in [0.3, 0.4) is 0 Å². The Labute approximate surface area is 352 Å². The number of benzene rings is 4. The van der Waals surface area contributed by atoms with Crippen molar-refractivity contribution in [2.24, 2.45) is 20.0 Å². The molecule has 0 radical (unpaired) electrons. The van der Waals surface area contributed by atoms with Gasteiger partial charge in [0.25, 0.3) is 10.1 Å². The minimum Gasteiger partial charge on any atom is -0.744 e. The van der Waals surface area contributed by atoms with Gasteiger partial charge in [-0.25, -0.2) is 28.4 Å². The summed E-state index contributed by atoms with van der Waals surface area (Å²) in [4.78, 5) is 35.2. The first-order valence-corrected chi connectivity index (χ1v) is 18.3. The average Bonchev–Trinajstić information content (AvgIpc) is 3.07. The van der Waals surface area contributed by atoms with Gasteiger partial charge in [0.15, 0.2) is 0 Å². The van der Waals surface area contributed by atoms with Crippen LogP contribution in [0, 0.1) is 0 Å². The Morgan fingerprint density at radius 1 is 0.585 bits per heavy atom. The van der Waals surface area contributed by atoms with Gasteiger partial charge >= 0.3 is 51.4 Å². The van der Waals surface area contributed by atoms with Crippen LogP contribution in [0.1, 0.15) is 11.1 Å². The van der Waals surface area contributed by atoms with E-state index in [1.54, 1.807) is 48.5 Å². The van der Waals surface area contributed by atoms with E-state index in [9.17, 15) is 25.9 Å². The van der Waals surface area contributed by atoms with E-state index in [1.165, 1.54) is 36.4 Å². The van der Waals surface area contributed by atoms with Crippen molar-refractivity contribution in [3.05, 3.63) is 141 Å². The van der Waals surface area contributed by atoms with Gasteiger partial charge in [-0.1, -0.05) is 60.7 Å². The number of aromatic nitrogens is 6. The van der Waals surface area contributed by atoms with Gasteiger partial charge in [-0.3, -0.25) is 14.5 Å². The van der Waals surface area contributed by atoms with E-state index in [2.05, 4.69) is 49.9 Å². The maximum Gasteiger partial charge on any atom is 1.00 e. The molecule has 0 atom stereocenters. The first-order valence-electron chi connectivity index (χ1n) is 14.7. The Kier molecular flexibility index (Phi) is 13.1. The topological polar surface area (TPSA) is 250 Å². The predicted molar refractivity (Wildman–Crippen MR) is 189 cm³/mol. The number of rotatable bonds is 8. The van der Waals surface area contributed by atoms with E-state index in [4.69, 9.17) is 23.2 Å². The summed E-state index contributed by atoms with van der Waals surface area (Å²) in [5, 5.41) is -0.130. The van der Waals surface area contributed by atoms with Crippen LogP contribution in [0.15, 0.2) is 127 Å². The van der Waals surface area contributed by atoms with Gasteiger partial charge in [0, 0.05) is 0 Å². The van der Waals surface area contributed by atoms with Gasteiger partial charge in [-0.2, -0.15) is 18.4 Å². The molecule has 4 aromatic carbocycles. The zero-order chi connectivity index (χ0) is 36.9. The van der Waals surface area contributed by atoms with Crippen molar-refractivity contribution in [1.82, 2.24) is 29.9 Å². The third-order valence-corrected chi connectivity index (χ3v) is 8.92. The molecule has 0 aliphatic carbocycles. The van der Waals surface area contributed by atoms with Crippen molar-refractivity contribution < 1.29 is 77.3 Å². The van der Waals surface area contributed by atoms with E-state index < -0.39 is 30.0 Å². The molecule has 0 saturated heterocycles. The number of nitrogens with one attached hydrogen (secondary N) is 4. The van der Waals surface area contributed by atoms with Crippen LogP contribution in [0.5, 0.6) is 0 Å². The number of halogens is 2. The molecule has 53 heavy (non-hydrogen) atoms. The van der Waals surface area contributed by atoms with Crippen molar-refractivity contribution in [3.8, 4) is 0 Å². The van der Waals surface area contributed by atoms with Gasteiger partial charge in [0.05, 0.1) is 27.6 Å². The molecule has 5 N–H and O–H groups in total. The average molecular weight is 818 g/mol. The summed E-state index contributed by atoms with van der Waals surface area (Å²) < 4.78 is 71.8. The summed E-state index contributed by atoms with van der Waals surface area (Å²) >= 11 is 12.2. The van der Waals surface area contributed by atoms with Crippen LogP contribution >= 0.6 is 23.2 Å². The van der Waals surface area contributed by atoms with Gasteiger partial charge in [-0.05, 0) is 82.9 Å². The molecule has 6 aromatic rings. The fourth-order valence-electron chi connectivity index (χ4n) is 4.57. The smallest absolute Gasteiger partial charge is 0.744 e. The van der Waals surface area contributed by atoms with E-state index in [0.717, 1.165) is 12.1 Å². The van der Waals surface area contributed by atoms with Gasteiger partial charge < -0.3 is 14.5 Å². The standard InChI is InChI=1S/C32H24Cl2N10O6S2.K/c33-27-39-29(35-21-7-3-1-4-8-21)43-31(41-27)37-23-15-13-19(25(17-23)51(45,46)47)11-12-20-14-16-24(18-26(20)52(48,49)50)38-32-42-28(34)40-30(44-32)36-22-9-5-2-6-10-22;/h1-18H,(H,45,46,47)(H,48,49,50)(H2,35,37,39,41,43)(H2,36,38,40,42,44);/q;+1/p-1/b12-11+;. The molecule has 0 unspecified atom stereocenters. The number of aromatic amines is 4. The summed E-state index contributed by atoms with van der Waals surface area (Å²) in [6.45, 7) is 0. The van der Waals surface area contributed by atoms with Crippen LogP contribution in [-0.2, 0) is 20.2 Å². The maximum atomic E-state index is 12.4. The van der Waals surface area contributed by atoms with E-state index in [-0.39, 0.29) is 107 Å². The Bertz CT molecular complexity index is 2650. The number of nitrogens with zero attached hydrogens (tertiary/aromatic N) is 6. The number of H-pyrrole nitrogens is 4. The van der Waals surface area contributed by atoms with E-state index >= 15 is 0 Å². The molecular weight excluding hydrogens is 795 g/mol. The molecule has 16 nitrogen and oxygen atoms in total. The maximum absolute atomic E-state index is 12.4. The molecule has 264 valence electrons. The first-order chi connectivity index (χ1) is 24.8. The van der Waals surface area contributed by atoms with Gasteiger partial charge in [0.1, 0.15) is 15.0 Å². The zero-order valence-corrected chi connectivity index (χ0v) is 33.4. The number of para-hydroxylation sites is 2. The summed E-state index contributed by atoms with van der Waals surface area (Å²) in [6.07, 6.45) is 2.42. The minimum atomic E-state index is -5.07. The monoisotopic (exact) mass is 816 g/mol. The van der Waals surface area contributed by atoms with Gasteiger partial charge in [0.2, 0.25) is 33.0 Å². The second-order valence-corrected chi connectivity index (χ2v) is 13.9.